The summed E-state index contributed by atoms with van der Waals surface area (Å²) >= 11 is 0. The molecule has 0 aliphatic carbocycles. The van der Waals surface area contributed by atoms with Gasteiger partial charge < -0.3 is 10.2 Å². The molecule has 0 saturated heterocycles. The van der Waals surface area contributed by atoms with Crippen molar-refractivity contribution in [1.29, 1.82) is 0 Å². The minimum Gasteiger partial charge on any atom is -0.353 e. The van der Waals surface area contributed by atoms with E-state index in [1.54, 1.807) is 4.90 Å². The van der Waals surface area contributed by atoms with E-state index in [0.29, 0.717) is 13.1 Å². The highest BCUT2D eigenvalue weighted by atomic mass is 16.2. The third-order valence-electron chi connectivity index (χ3n) is 3.71. The fourth-order valence-electron chi connectivity index (χ4n) is 2.61. The van der Waals surface area contributed by atoms with Gasteiger partial charge in [-0.15, -0.1) is 0 Å². The predicted molar refractivity (Wildman–Crippen MR) is 93.0 cm³/mol. The van der Waals surface area contributed by atoms with Gasteiger partial charge in [-0.2, -0.15) is 0 Å². The molecule has 128 valence electrons. The molecular weight excluding hydrogens is 290 g/mol. The molecule has 0 aliphatic heterocycles. The first-order chi connectivity index (χ1) is 10.9. The molecule has 1 aromatic rings. The van der Waals surface area contributed by atoms with Crippen LogP contribution in [0.3, 0.4) is 0 Å². The second-order valence-corrected chi connectivity index (χ2v) is 5.96. The molecule has 23 heavy (non-hydrogen) atoms. The van der Waals surface area contributed by atoms with E-state index in [2.05, 4.69) is 5.32 Å². The topological polar surface area (TPSA) is 52.7 Å². The van der Waals surface area contributed by atoms with Crippen molar-refractivity contribution in [3.8, 4) is 0 Å². The van der Waals surface area contributed by atoms with Gasteiger partial charge in [0, 0.05) is 19.1 Å². The maximum atomic E-state index is 12.9. The summed E-state index contributed by atoms with van der Waals surface area (Å²) in [5.74, 6) is -0.0446. The zero-order chi connectivity index (χ0) is 17.4. The van der Waals surface area contributed by atoms with Crippen molar-refractivity contribution in [2.45, 2.75) is 39.8 Å². The van der Waals surface area contributed by atoms with Crippen LogP contribution in [0.4, 0.5) is 0 Å². The lowest BCUT2D eigenvalue weighted by atomic mass is 10.0. The lowest BCUT2D eigenvalue weighted by Crippen LogP contribution is -2.45. The van der Waals surface area contributed by atoms with E-state index in [9.17, 15) is 9.59 Å². The summed E-state index contributed by atoms with van der Waals surface area (Å²) in [6.45, 7) is 9.28. The van der Waals surface area contributed by atoms with E-state index in [1.165, 1.54) is 0 Å². The Morgan fingerprint density at radius 2 is 1.65 bits per heavy atom. The molecule has 0 heterocycles. The van der Waals surface area contributed by atoms with Crippen LogP contribution in [-0.2, 0) is 9.59 Å². The van der Waals surface area contributed by atoms with Crippen LogP contribution in [0.15, 0.2) is 30.3 Å². The molecular formula is C18H29N3O2. The average Bonchev–Trinajstić information content (AvgIpc) is 2.48. The zero-order valence-corrected chi connectivity index (χ0v) is 14.9. The summed E-state index contributed by atoms with van der Waals surface area (Å²) in [7, 11) is 1.82. The first-order valence-electron chi connectivity index (χ1n) is 8.24. The summed E-state index contributed by atoms with van der Waals surface area (Å²) in [6, 6.07) is 9.26. The fraction of sp³-hybridized carbons (Fsp3) is 0.556. The van der Waals surface area contributed by atoms with Crippen molar-refractivity contribution in [2.75, 3.05) is 26.7 Å². The van der Waals surface area contributed by atoms with Crippen LogP contribution >= 0.6 is 0 Å². The monoisotopic (exact) mass is 319 g/mol. The van der Waals surface area contributed by atoms with Gasteiger partial charge in [0.2, 0.25) is 11.8 Å². The zero-order valence-electron chi connectivity index (χ0n) is 14.9. The number of amides is 2. The Labute approximate surface area is 139 Å². The molecule has 1 atom stereocenters. The molecule has 0 bridgehead atoms. The van der Waals surface area contributed by atoms with E-state index in [1.807, 2.05) is 70.0 Å². The van der Waals surface area contributed by atoms with Gasteiger partial charge in [0.25, 0.3) is 0 Å². The van der Waals surface area contributed by atoms with E-state index in [0.717, 1.165) is 5.56 Å². The smallest absolute Gasteiger partial charge is 0.244 e. The van der Waals surface area contributed by atoms with Gasteiger partial charge in [0.15, 0.2) is 0 Å². The molecule has 5 nitrogen and oxygen atoms in total. The summed E-state index contributed by atoms with van der Waals surface area (Å²) in [5.41, 5.74) is 0.907. The Hall–Kier alpha value is -1.88. The summed E-state index contributed by atoms with van der Waals surface area (Å²) < 4.78 is 0. The van der Waals surface area contributed by atoms with Crippen molar-refractivity contribution < 1.29 is 9.59 Å². The van der Waals surface area contributed by atoms with Crippen LogP contribution < -0.4 is 5.32 Å². The minimum atomic E-state index is -0.450. The number of benzene rings is 1. The van der Waals surface area contributed by atoms with Gasteiger partial charge in [-0.3, -0.25) is 14.5 Å². The third-order valence-corrected chi connectivity index (χ3v) is 3.71. The number of carbonyl (C=O) groups excluding carboxylic acids is 2. The quantitative estimate of drug-likeness (QED) is 0.798. The molecule has 0 aromatic heterocycles. The van der Waals surface area contributed by atoms with Crippen LogP contribution in [0.2, 0.25) is 0 Å². The number of nitrogens with one attached hydrogen (secondary N) is 1. The molecule has 0 radical (unpaired) electrons. The fourth-order valence-corrected chi connectivity index (χ4v) is 2.61. The van der Waals surface area contributed by atoms with Crippen molar-refractivity contribution >= 4 is 11.8 Å². The van der Waals surface area contributed by atoms with E-state index in [-0.39, 0.29) is 24.4 Å². The first kappa shape index (κ1) is 19.2. The molecule has 0 spiro atoms. The Morgan fingerprint density at radius 1 is 1.09 bits per heavy atom. The summed E-state index contributed by atoms with van der Waals surface area (Å²) in [6.07, 6.45) is 0. The summed E-state index contributed by atoms with van der Waals surface area (Å²) in [4.78, 5) is 28.6. The largest absolute Gasteiger partial charge is 0.353 e. The number of likely N-dealkylation sites (N-methyl/N-ethyl adjacent to an activating group) is 2. The lowest BCUT2D eigenvalue weighted by molar-refractivity contribution is -0.137. The van der Waals surface area contributed by atoms with Crippen LogP contribution in [0, 0.1) is 0 Å². The second kappa shape index (κ2) is 9.30. The van der Waals surface area contributed by atoms with Crippen molar-refractivity contribution in [3.05, 3.63) is 35.9 Å². The van der Waals surface area contributed by atoms with Crippen LogP contribution in [0.5, 0.6) is 0 Å². The minimum absolute atomic E-state index is 0.0287. The molecule has 1 aromatic carbocycles. The maximum absolute atomic E-state index is 12.9. The van der Waals surface area contributed by atoms with Crippen LogP contribution in [-0.4, -0.2) is 54.3 Å². The highest BCUT2D eigenvalue weighted by Crippen LogP contribution is 2.21. The van der Waals surface area contributed by atoms with Gasteiger partial charge in [0.05, 0.1) is 6.54 Å². The normalized spacial score (nSPS) is 12.3. The van der Waals surface area contributed by atoms with Crippen molar-refractivity contribution in [1.82, 2.24) is 15.1 Å². The Bertz CT molecular complexity index is 498. The van der Waals surface area contributed by atoms with Crippen LogP contribution in [0.1, 0.15) is 39.3 Å². The average molecular weight is 319 g/mol. The van der Waals surface area contributed by atoms with Gasteiger partial charge in [-0.25, -0.2) is 0 Å². The molecule has 5 heteroatoms. The number of nitrogens with zero attached hydrogens (tertiary/aromatic N) is 2. The van der Waals surface area contributed by atoms with Gasteiger partial charge in [-0.1, -0.05) is 30.3 Å². The standard InChI is InChI=1S/C18H29N3O2/c1-6-21(7-2)18(23)17(15-11-9-8-10-12-15)20(5)13-16(22)19-14(3)4/h8-12,14,17H,6-7,13H2,1-5H3,(H,19,22)/t17-/m0/s1. The SMILES string of the molecule is CCN(CC)C(=O)[C@H](c1ccccc1)N(C)CC(=O)NC(C)C. The highest BCUT2D eigenvalue weighted by molar-refractivity contribution is 5.85. The van der Waals surface area contributed by atoms with Crippen LogP contribution in [0.25, 0.3) is 0 Å². The lowest BCUT2D eigenvalue weighted by Gasteiger charge is -2.31. The Balaban J connectivity index is 3.00. The van der Waals surface area contributed by atoms with E-state index < -0.39 is 6.04 Å². The van der Waals surface area contributed by atoms with Crippen molar-refractivity contribution in [2.24, 2.45) is 0 Å². The molecule has 2 amide bonds. The Kier molecular flexibility index (Phi) is 7.75. The number of rotatable bonds is 8. The third kappa shape index (κ3) is 5.67. The number of carbonyl (C=O) groups is 2. The molecule has 0 fully saturated rings. The second-order valence-electron chi connectivity index (χ2n) is 5.96. The molecule has 1 N–H and O–H groups in total. The molecule has 0 unspecified atom stereocenters. The first-order valence-corrected chi connectivity index (χ1v) is 8.24. The molecule has 1 rings (SSSR count). The molecule has 0 aliphatic rings. The maximum Gasteiger partial charge on any atom is 0.244 e. The highest BCUT2D eigenvalue weighted by Gasteiger charge is 2.29. The number of hydrogen-bond donors (Lipinski definition) is 1. The van der Waals surface area contributed by atoms with E-state index in [4.69, 9.17) is 0 Å². The predicted octanol–water partition coefficient (Wildman–Crippen LogP) is 2.05. The molecule has 0 saturated carbocycles. The summed E-state index contributed by atoms with van der Waals surface area (Å²) in [5, 5.41) is 2.87. The van der Waals surface area contributed by atoms with Crippen molar-refractivity contribution in [3.63, 3.8) is 0 Å². The number of hydrogen-bond acceptors (Lipinski definition) is 3. The van der Waals surface area contributed by atoms with Gasteiger partial charge in [0.1, 0.15) is 6.04 Å². The van der Waals surface area contributed by atoms with Gasteiger partial charge in [-0.05, 0) is 40.3 Å². The van der Waals surface area contributed by atoms with Gasteiger partial charge >= 0.3 is 0 Å². The Morgan fingerprint density at radius 3 is 2.13 bits per heavy atom. The van der Waals surface area contributed by atoms with E-state index >= 15 is 0 Å².